The van der Waals surface area contributed by atoms with Crippen molar-refractivity contribution in [3.05, 3.63) is 35.4 Å². The van der Waals surface area contributed by atoms with Gasteiger partial charge in [0.15, 0.2) is 32.8 Å². The third-order valence-corrected chi connectivity index (χ3v) is 8.05. The third kappa shape index (κ3) is 6.61. The molecule has 1 aliphatic rings. The van der Waals surface area contributed by atoms with Crippen molar-refractivity contribution < 1.29 is 36.8 Å². The smallest absolute Gasteiger partial charge is 0.203 e. The van der Waals surface area contributed by atoms with Crippen molar-refractivity contribution in [3.63, 3.8) is 0 Å². The van der Waals surface area contributed by atoms with Crippen LogP contribution in [-0.2, 0) is 14.6 Å². The summed E-state index contributed by atoms with van der Waals surface area (Å²) in [6.45, 7) is 4.69. The molecule has 0 aliphatic carbocycles. The highest BCUT2D eigenvalue weighted by atomic mass is 32.2. The lowest BCUT2D eigenvalue weighted by Gasteiger charge is -2.21. The van der Waals surface area contributed by atoms with Crippen LogP contribution in [0.15, 0.2) is 29.2 Å². The Bertz CT molecular complexity index is 1130. The molecule has 2 aromatic rings. The number of benzene rings is 2. The predicted molar refractivity (Wildman–Crippen MR) is 141 cm³/mol. The van der Waals surface area contributed by atoms with Gasteiger partial charge < -0.3 is 34.2 Å². The van der Waals surface area contributed by atoms with Crippen molar-refractivity contribution in [2.24, 2.45) is 5.73 Å². The number of rotatable bonds is 14. The summed E-state index contributed by atoms with van der Waals surface area (Å²) < 4.78 is 61.2. The van der Waals surface area contributed by atoms with E-state index in [1.165, 1.54) is 0 Å². The highest BCUT2D eigenvalue weighted by Gasteiger charge is 2.32. The fourth-order valence-electron chi connectivity index (χ4n) is 4.43. The van der Waals surface area contributed by atoms with Crippen molar-refractivity contribution in [2.45, 2.75) is 56.6 Å². The Morgan fingerprint density at radius 2 is 1.41 bits per heavy atom. The molecule has 206 valence electrons. The molecule has 0 bridgehead atoms. The first-order chi connectivity index (χ1) is 17.8. The Hall–Kier alpha value is -2.69. The van der Waals surface area contributed by atoms with Crippen LogP contribution in [0.1, 0.15) is 62.9 Å². The Balaban J connectivity index is 2.01. The lowest BCUT2D eigenvalue weighted by atomic mass is 10.0. The van der Waals surface area contributed by atoms with E-state index < -0.39 is 9.84 Å². The quantitative estimate of drug-likeness (QED) is 0.369. The molecule has 2 aromatic carbocycles. The summed E-state index contributed by atoms with van der Waals surface area (Å²) in [6.07, 6.45) is 2.07. The number of sulfone groups is 1. The molecular formula is C27H39NO8S. The van der Waals surface area contributed by atoms with Crippen molar-refractivity contribution >= 4 is 9.84 Å². The Morgan fingerprint density at radius 1 is 0.811 bits per heavy atom. The molecule has 1 heterocycles. The molecule has 1 saturated heterocycles. The summed E-state index contributed by atoms with van der Waals surface area (Å²) >= 11 is 0. The minimum atomic E-state index is -3.60. The van der Waals surface area contributed by atoms with Gasteiger partial charge in [-0.3, -0.25) is 0 Å². The summed E-state index contributed by atoms with van der Waals surface area (Å²) in [5, 5.41) is 0. The summed E-state index contributed by atoms with van der Waals surface area (Å²) in [5.41, 5.74) is 7.28. The largest absolute Gasteiger partial charge is 0.493 e. The van der Waals surface area contributed by atoms with Crippen LogP contribution in [0.3, 0.4) is 0 Å². The van der Waals surface area contributed by atoms with E-state index in [0.717, 1.165) is 24.0 Å². The van der Waals surface area contributed by atoms with Crippen LogP contribution in [0.25, 0.3) is 0 Å². The second-order valence-electron chi connectivity index (χ2n) is 8.80. The minimum Gasteiger partial charge on any atom is -0.493 e. The molecule has 0 radical (unpaired) electrons. The summed E-state index contributed by atoms with van der Waals surface area (Å²) in [7, 11) is 1.10. The van der Waals surface area contributed by atoms with Gasteiger partial charge in [-0.2, -0.15) is 0 Å². The van der Waals surface area contributed by atoms with Gasteiger partial charge in [0, 0.05) is 6.54 Å². The molecule has 1 fully saturated rings. The predicted octanol–water partition coefficient (Wildman–Crippen LogP) is 4.62. The van der Waals surface area contributed by atoms with Gasteiger partial charge in [-0.15, -0.1) is 0 Å². The van der Waals surface area contributed by atoms with Crippen molar-refractivity contribution in [3.8, 4) is 28.7 Å². The SMILES string of the molecule is CCCOc1c(OCCN)cc([C@H]2CC[C@H](c3cc(OC)c(OC)c(OC)c3)O2)cc1S(=O)(=O)CCC. The Morgan fingerprint density at radius 3 is 1.92 bits per heavy atom. The number of nitrogens with two attached hydrogens (primary N) is 1. The topological polar surface area (TPSA) is 116 Å². The van der Waals surface area contributed by atoms with Crippen LogP contribution in [0.2, 0.25) is 0 Å². The molecule has 9 nitrogen and oxygen atoms in total. The highest BCUT2D eigenvalue weighted by Crippen LogP contribution is 2.48. The zero-order valence-electron chi connectivity index (χ0n) is 22.4. The monoisotopic (exact) mass is 537 g/mol. The van der Waals surface area contributed by atoms with E-state index in [2.05, 4.69) is 0 Å². The lowest BCUT2D eigenvalue weighted by molar-refractivity contribution is 0.0435. The first kappa shape index (κ1) is 28.9. The molecule has 37 heavy (non-hydrogen) atoms. The van der Waals surface area contributed by atoms with Gasteiger partial charge in [0.2, 0.25) is 5.75 Å². The maximum Gasteiger partial charge on any atom is 0.203 e. The van der Waals surface area contributed by atoms with Crippen LogP contribution >= 0.6 is 0 Å². The van der Waals surface area contributed by atoms with Crippen LogP contribution < -0.4 is 29.4 Å². The molecule has 0 saturated carbocycles. The number of hydrogen-bond acceptors (Lipinski definition) is 9. The summed E-state index contributed by atoms with van der Waals surface area (Å²) in [6, 6.07) is 7.24. The van der Waals surface area contributed by atoms with Crippen LogP contribution in [0.5, 0.6) is 28.7 Å². The Labute approximate surface area is 220 Å². The first-order valence-electron chi connectivity index (χ1n) is 12.6. The van der Waals surface area contributed by atoms with Gasteiger partial charge >= 0.3 is 0 Å². The molecule has 0 aromatic heterocycles. The Kier molecular flexibility index (Phi) is 10.3. The number of hydrogen-bond donors (Lipinski definition) is 1. The maximum atomic E-state index is 13.3. The van der Waals surface area contributed by atoms with Gasteiger partial charge in [-0.25, -0.2) is 8.42 Å². The standard InChI is InChI=1S/C27H39NO8S/c1-6-11-35-27-24(34-12-10-28)16-19(17-25(27)37(29,30)13-7-2)21-9-8-20(36-21)18-14-22(31-3)26(33-5)23(15-18)32-4/h14-17,20-21H,6-13,28H2,1-5H3/t20-,21-/m1/s1. The van der Waals surface area contributed by atoms with E-state index in [0.29, 0.717) is 42.4 Å². The first-order valence-corrected chi connectivity index (χ1v) is 14.3. The molecule has 10 heteroatoms. The normalized spacial score (nSPS) is 17.5. The molecule has 2 N–H and O–H groups in total. The van der Waals surface area contributed by atoms with Gasteiger partial charge in [0.1, 0.15) is 11.5 Å². The molecule has 0 spiro atoms. The zero-order valence-corrected chi connectivity index (χ0v) is 23.2. The third-order valence-electron chi connectivity index (χ3n) is 6.13. The van der Waals surface area contributed by atoms with Crippen LogP contribution in [0, 0.1) is 0 Å². The lowest BCUT2D eigenvalue weighted by Crippen LogP contribution is -2.15. The molecule has 2 atom stereocenters. The van der Waals surface area contributed by atoms with Crippen LogP contribution in [-0.4, -0.2) is 55.3 Å². The highest BCUT2D eigenvalue weighted by molar-refractivity contribution is 7.91. The van der Waals surface area contributed by atoms with Gasteiger partial charge in [0.05, 0.1) is 45.9 Å². The molecule has 0 unspecified atom stereocenters. The average molecular weight is 538 g/mol. The van der Waals surface area contributed by atoms with E-state index in [4.69, 9.17) is 34.2 Å². The van der Waals surface area contributed by atoms with Gasteiger partial charge in [0.25, 0.3) is 0 Å². The molecule has 0 amide bonds. The van der Waals surface area contributed by atoms with E-state index in [9.17, 15) is 8.42 Å². The second kappa shape index (κ2) is 13.2. The number of methoxy groups -OCH3 is 3. The van der Waals surface area contributed by atoms with E-state index in [-0.39, 0.29) is 41.8 Å². The number of ether oxygens (including phenoxy) is 6. The van der Waals surface area contributed by atoms with Crippen molar-refractivity contribution in [1.29, 1.82) is 0 Å². The molecule has 1 aliphatic heterocycles. The van der Waals surface area contributed by atoms with Gasteiger partial charge in [-0.05, 0) is 61.1 Å². The molecular weight excluding hydrogens is 498 g/mol. The summed E-state index contributed by atoms with van der Waals surface area (Å²) in [4.78, 5) is 0.132. The summed E-state index contributed by atoms with van der Waals surface area (Å²) in [5.74, 6) is 2.23. The van der Waals surface area contributed by atoms with Crippen molar-refractivity contribution in [1.82, 2.24) is 0 Å². The minimum absolute atomic E-state index is 0.00878. The average Bonchev–Trinajstić information content (AvgIpc) is 3.40. The fraction of sp³-hybridized carbons (Fsp3) is 0.556. The van der Waals surface area contributed by atoms with E-state index in [1.807, 2.05) is 32.0 Å². The van der Waals surface area contributed by atoms with Gasteiger partial charge in [-0.1, -0.05) is 13.8 Å². The zero-order chi connectivity index (χ0) is 27.0. The van der Waals surface area contributed by atoms with Crippen LogP contribution in [0.4, 0.5) is 0 Å². The second-order valence-corrected chi connectivity index (χ2v) is 10.9. The maximum absolute atomic E-state index is 13.3. The molecule has 3 rings (SSSR count). The fourth-order valence-corrected chi connectivity index (χ4v) is 5.94. The van der Waals surface area contributed by atoms with Crippen molar-refractivity contribution in [2.75, 3.05) is 46.8 Å². The van der Waals surface area contributed by atoms with E-state index >= 15 is 0 Å². The van der Waals surface area contributed by atoms with E-state index in [1.54, 1.807) is 27.4 Å².